The monoisotopic (exact) mass is 393 g/mol. The first-order chi connectivity index (χ1) is 14.0. The number of benzene rings is 1. The molecule has 7 heteroatoms. The summed E-state index contributed by atoms with van der Waals surface area (Å²) in [6.45, 7) is 8.54. The number of carbonyl (C=O) groups is 2. The van der Waals surface area contributed by atoms with Crippen molar-refractivity contribution >= 4 is 23.3 Å². The van der Waals surface area contributed by atoms with Gasteiger partial charge in [0.05, 0.1) is 5.41 Å². The molecule has 2 aromatic rings. The van der Waals surface area contributed by atoms with E-state index in [9.17, 15) is 9.59 Å². The van der Waals surface area contributed by atoms with E-state index in [0.29, 0.717) is 26.1 Å². The molecular formula is C22H27N5O2. The third-order valence-electron chi connectivity index (χ3n) is 6.16. The molecule has 0 saturated carbocycles. The predicted molar refractivity (Wildman–Crippen MR) is 112 cm³/mol. The quantitative estimate of drug-likeness (QED) is 0.779. The normalized spacial score (nSPS) is 20.4. The van der Waals surface area contributed by atoms with E-state index in [1.165, 1.54) is 0 Å². The number of hydrogen-bond donors (Lipinski definition) is 0. The molecule has 1 aromatic heterocycles. The van der Waals surface area contributed by atoms with E-state index in [-0.39, 0.29) is 18.4 Å². The van der Waals surface area contributed by atoms with E-state index in [1.54, 1.807) is 16.1 Å². The molecule has 1 unspecified atom stereocenters. The Morgan fingerprint density at radius 1 is 1.21 bits per heavy atom. The molecule has 1 aromatic carbocycles. The van der Waals surface area contributed by atoms with E-state index < -0.39 is 5.41 Å². The van der Waals surface area contributed by atoms with Crippen LogP contribution in [0.4, 0.5) is 11.5 Å². The van der Waals surface area contributed by atoms with Crippen LogP contribution in [0.3, 0.4) is 0 Å². The van der Waals surface area contributed by atoms with Gasteiger partial charge in [-0.3, -0.25) is 9.59 Å². The Morgan fingerprint density at radius 2 is 1.97 bits per heavy atom. The number of aromatic nitrogens is 2. The van der Waals surface area contributed by atoms with Gasteiger partial charge in [-0.25, -0.2) is 9.97 Å². The second-order valence-corrected chi connectivity index (χ2v) is 7.75. The molecule has 1 atom stereocenters. The molecule has 152 valence electrons. The fourth-order valence-electron chi connectivity index (χ4n) is 4.58. The summed E-state index contributed by atoms with van der Waals surface area (Å²) >= 11 is 0. The van der Waals surface area contributed by atoms with Crippen molar-refractivity contribution in [3.05, 3.63) is 47.9 Å². The lowest BCUT2D eigenvalue weighted by atomic mass is 9.81. The molecule has 1 fully saturated rings. The molecule has 29 heavy (non-hydrogen) atoms. The topological polar surface area (TPSA) is 69.6 Å². The van der Waals surface area contributed by atoms with Crippen molar-refractivity contribution in [3.63, 3.8) is 0 Å². The Labute approximate surface area is 171 Å². The van der Waals surface area contributed by atoms with Gasteiger partial charge in [-0.1, -0.05) is 18.2 Å². The summed E-state index contributed by atoms with van der Waals surface area (Å²) in [6, 6.07) is 9.84. The van der Waals surface area contributed by atoms with Crippen molar-refractivity contribution < 1.29 is 9.59 Å². The van der Waals surface area contributed by atoms with Gasteiger partial charge in [0.1, 0.15) is 18.7 Å². The van der Waals surface area contributed by atoms with Crippen molar-refractivity contribution in [3.8, 4) is 0 Å². The lowest BCUT2D eigenvalue weighted by Gasteiger charge is -2.26. The molecule has 0 bridgehead atoms. The molecule has 2 aliphatic heterocycles. The van der Waals surface area contributed by atoms with Crippen LogP contribution in [0.25, 0.3) is 0 Å². The van der Waals surface area contributed by atoms with Gasteiger partial charge in [0, 0.05) is 43.6 Å². The van der Waals surface area contributed by atoms with Crippen molar-refractivity contribution in [1.82, 2.24) is 14.9 Å². The average Bonchev–Trinajstić information content (AvgIpc) is 3.27. The van der Waals surface area contributed by atoms with Gasteiger partial charge in [-0.2, -0.15) is 0 Å². The highest BCUT2D eigenvalue weighted by Crippen LogP contribution is 2.47. The SMILES string of the molecule is CCN(CC)C(=O)CN1C(=O)C2(CCN(c3cc(C)ncn3)C2)c2ccccc21. The summed E-state index contributed by atoms with van der Waals surface area (Å²) < 4.78 is 0. The van der Waals surface area contributed by atoms with Gasteiger partial charge < -0.3 is 14.7 Å². The summed E-state index contributed by atoms with van der Waals surface area (Å²) in [7, 11) is 0. The minimum atomic E-state index is -0.626. The number of carbonyl (C=O) groups excluding carboxylic acids is 2. The lowest BCUT2D eigenvalue weighted by Crippen LogP contribution is -2.47. The predicted octanol–water partition coefficient (Wildman–Crippen LogP) is 2.15. The van der Waals surface area contributed by atoms with E-state index in [2.05, 4.69) is 14.9 Å². The molecule has 4 rings (SSSR count). The smallest absolute Gasteiger partial charge is 0.242 e. The van der Waals surface area contributed by atoms with Gasteiger partial charge in [-0.05, 0) is 38.8 Å². The number of likely N-dealkylation sites (N-methyl/N-ethyl adjacent to an activating group) is 1. The number of nitrogens with zero attached hydrogens (tertiary/aromatic N) is 5. The number of para-hydroxylation sites is 1. The van der Waals surface area contributed by atoms with Crippen LogP contribution in [0.1, 0.15) is 31.5 Å². The average molecular weight is 393 g/mol. The van der Waals surface area contributed by atoms with Gasteiger partial charge in [-0.15, -0.1) is 0 Å². The minimum Gasteiger partial charge on any atom is -0.355 e. The molecular weight excluding hydrogens is 366 g/mol. The van der Waals surface area contributed by atoms with Crippen LogP contribution in [-0.4, -0.2) is 59.4 Å². The molecule has 7 nitrogen and oxygen atoms in total. The van der Waals surface area contributed by atoms with E-state index in [1.807, 2.05) is 51.1 Å². The van der Waals surface area contributed by atoms with Crippen LogP contribution >= 0.6 is 0 Å². The zero-order chi connectivity index (χ0) is 20.6. The number of hydrogen-bond acceptors (Lipinski definition) is 5. The summed E-state index contributed by atoms with van der Waals surface area (Å²) in [5.41, 5.74) is 2.16. The Bertz CT molecular complexity index is 942. The molecule has 0 aliphatic carbocycles. The second-order valence-electron chi connectivity index (χ2n) is 7.75. The van der Waals surface area contributed by atoms with Crippen molar-refractivity contribution in [1.29, 1.82) is 0 Å². The molecule has 2 amide bonds. The molecule has 1 spiro atoms. The molecule has 0 N–H and O–H groups in total. The summed E-state index contributed by atoms with van der Waals surface area (Å²) in [4.78, 5) is 40.6. The fourth-order valence-corrected chi connectivity index (χ4v) is 4.58. The summed E-state index contributed by atoms with van der Waals surface area (Å²) in [5.74, 6) is 0.848. The first-order valence-corrected chi connectivity index (χ1v) is 10.2. The van der Waals surface area contributed by atoms with Crippen molar-refractivity contribution in [2.75, 3.05) is 42.5 Å². The number of anilines is 2. The molecule has 0 radical (unpaired) electrons. The van der Waals surface area contributed by atoms with Crippen molar-refractivity contribution in [2.24, 2.45) is 0 Å². The minimum absolute atomic E-state index is 0.0171. The Kier molecular flexibility index (Phi) is 4.98. The van der Waals surface area contributed by atoms with Crippen LogP contribution in [0, 0.1) is 6.92 Å². The zero-order valence-electron chi connectivity index (χ0n) is 17.3. The highest BCUT2D eigenvalue weighted by Gasteiger charge is 2.54. The van der Waals surface area contributed by atoms with Crippen LogP contribution in [0.15, 0.2) is 36.7 Å². The third-order valence-corrected chi connectivity index (χ3v) is 6.16. The van der Waals surface area contributed by atoms with Crippen molar-refractivity contribution in [2.45, 2.75) is 32.6 Å². The van der Waals surface area contributed by atoms with Crippen LogP contribution in [0.5, 0.6) is 0 Å². The van der Waals surface area contributed by atoms with Crippen LogP contribution in [0.2, 0.25) is 0 Å². The Balaban J connectivity index is 1.65. The first-order valence-electron chi connectivity index (χ1n) is 10.2. The number of fused-ring (bicyclic) bond motifs is 2. The highest BCUT2D eigenvalue weighted by atomic mass is 16.2. The summed E-state index contributed by atoms with van der Waals surface area (Å²) in [5, 5.41) is 0. The molecule has 3 heterocycles. The standard InChI is InChI=1S/C22H27N5O2/c1-4-25(5-2)20(28)13-27-18-9-7-6-8-17(18)22(21(27)29)10-11-26(14-22)19-12-16(3)23-15-24-19/h6-9,12,15H,4-5,10-11,13-14H2,1-3H3. The molecule has 2 aliphatic rings. The number of rotatable bonds is 5. The van der Waals surface area contributed by atoms with E-state index in [4.69, 9.17) is 0 Å². The lowest BCUT2D eigenvalue weighted by molar-refractivity contribution is -0.131. The Morgan fingerprint density at radius 3 is 2.69 bits per heavy atom. The maximum atomic E-state index is 13.7. The fraction of sp³-hybridized carbons (Fsp3) is 0.455. The zero-order valence-corrected chi connectivity index (χ0v) is 17.3. The Hall–Kier alpha value is -2.96. The summed E-state index contributed by atoms with van der Waals surface area (Å²) in [6.07, 6.45) is 2.27. The highest BCUT2D eigenvalue weighted by molar-refractivity contribution is 6.11. The number of aryl methyl sites for hydroxylation is 1. The largest absolute Gasteiger partial charge is 0.355 e. The maximum Gasteiger partial charge on any atom is 0.242 e. The van der Waals surface area contributed by atoms with Gasteiger partial charge >= 0.3 is 0 Å². The number of amides is 2. The molecule has 1 saturated heterocycles. The first kappa shape index (κ1) is 19.4. The third kappa shape index (κ3) is 3.14. The van der Waals surface area contributed by atoms with E-state index >= 15 is 0 Å². The maximum absolute atomic E-state index is 13.7. The van der Waals surface area contributed by atoms with Gasteiger partial charge in [0.2, 0.25) is 11.8 Å². The van der Waals surface area contributed by atoms with Gasteiger partial charge in [0.15, 0.2) is 0 Å². The van der Waals surface area contributed by atoms with E-state index in [0.717, 1.165) is 29.3 Å². The van der Waals surface area contributed by atoms with Crippen LogP contribution < -0.4 is 9.80 Å². The van der Waals surface area contributed by atoms with Gasteiger partial charge in [0.25, 0.3) is 0 Å². The van der Waals surface area contributed by atoms with Crippen LogP contribution in [-0.2, 0) is 15.0 Å². The second kappa shape index (κ2) is 7.46.